The van der Waals surface area contributed by atoms with Crippen molar-refractivity contribution in [3.05, 3.63) is 69.9 Å². The van der Waals surface area contributed by atoms with Gasteiger partial charge >= 0.3 is 0 Å². The molecule has 4 heterocycles. The third-order valence-electron chi connectivity index (χ3n) is 8.83. The van der Waals surface area contributed by atoms with Crippen LogP contribution in [0.15, 0.2) is 43.0 Å². The Balaban J connectivity index is 1.38. The molecule has 0 radical (unpaired) electrons. The summed E-state index contributed by atoms with van der Waals surface area (Å²) < 4.78 is 6.37. The van der Waals surface area contributed by atoms with Gasteiger partial charge in [-0.2, -0.15) is 5.26 Å². The van der Waals surface area contributed by atoms with Gasteiger partial charge in [-0.1, -0.05) is 48.0 Å². The number of amides is 1. The van der Waals surface area contributed by atoms with E-state index in [4.69, 9.17) is 32.9 Å². The van der Waals surface area contributed by atoms with Crippen LogP contribution in [0.1, 0.15) is 29.7 Å². The zero-order valence-corrected chi connectivity index (χ0v) is 25.3. The number of carbonyl (C=O) groups excluding carboxylic acids is 1. The topological polar surface area (TPSA) is 75.9 Å². The monoisotopic (exact) mass is 604 g/mol. The van der Waals surface area contributed by atoms with E-state index in [0.717, 1.165) is 59.3 Å². The second-order valence-corrected chi connectivity index (χ2v) is 12.0. The maximum Gasteiger partial charge on any atom is 0.246 e. The molecule has 0 spiro atoms. The highest BCUT2D eigenvalue weighted by Crippen LogP contribution is 2.41. The van der Waals surface area contributed by atoms with E-state index in [1.165, 1.54) is 6.08 Å². The number of nitriles is 1. The number of pyridine rings is 1. The molecule has 0 saturated carbocycles. The number of rotatable bonds is 6. The van der Waals surface area contributed by atoms with Crippen LogP contribution in [0.5, 0.6) is 5.88 Å². The van der Waals surface area contributed by atoms with E-state index < -0.39 is 0 Å². The lowest BCUT2D eigenvalue weighted by Crippen LogP contribution is -2.49. The Morgan fingerprint density at radius 1 is 1.14 bits per heavy atom. The molecular weight excluding hydrogens is 571 g/mol. The quantitative estimate of drug-likeness (QED) is 0.354. The first-order valence-electron chi connectivity index (χ1n) is 14.5. The minimum atomic E-state index is -0.0684. The summed E-state index contributed by atoms with van der Waals surface area (Å²) in [5, 5.41) is 13.5. The zero-order valence-electron chi connectivity index (χ0n) is 23.8. The lowest BCUT2D eigenvalue weighted by molar-refractivity contribution is -0.126. The van der Waals surface area contributed by atoms with Crippen LogP contribution in [-0.4, -0.2) is 79.7 Å². The maximum absolute atomic E-state index is 12.2. The second-order valence-electron chi connectivity index (χ2n) is 11.2. The van der Waals surface area contributed by atoms with Crippen molar-refractivity contribution in [2.45, 2.75) is 31.8 Å². The number of anilines is 2. The Labute approximate surface area is 256 Å². The molecule has 0 N–H and O–H groups in total. The van der Waals surface area contributed by atoms with Crippen molar-refractivity contribution in [3.63, 3.8) is 0 Å². The molecule has 2 fully saturated rings. The van der Waals surface area contributed by atoms with Crippen LogP contribution < -0.4 is 14.5 Å². The normalized spacial score (nSPS) is 19.1. The summed E-state index contributed by atoms with van der Waals surface area (Å²) in [4.78, 5) is 25.9. The number of nitrogens with zero attached hydrogens (tertiary/aromatic N) is 6. The van der Waals surface area contributed by atoms with Gasteiger partial charge < -0.3 is 24.3 Å². The van der Waals surface area contributed by atoms with Gasteiger partial charge in [-0.15, -0.1) is 0 Å². The molecule has 2 aromatic carbocycles. The number of carbonyl (C=O) groups is 1. The zero-order chi connectivity index (χ0) is 29.4. The van der Waals surface area contributed by atoms with Crippen LogP contribution in [0.4, 0.5) is 11.4 Å². The average Bonchev–Trinajstić information content (AvgIpc) is 3.44. The van der Waals surface area contributed by atoms with E-state index in [9.17, 15) is 10.1 Å². The largest absolute Gasteiger partial charge is 0.475 e. The van der Waals surface area contributed by atoms with E-state index >= 15 is 0 Å². The van der Waals surface area contributed by atoms with Crippen molar-refractivity contribution in [1.29, 1.82) is 5.26 Å². The summed E-state index contributed by atoms with van der Waals surface area (Å²) in [6.45, 7) is 8.82. The number of likely N-dealkylation sites (tertiary alicyclic amines) is 1. The molecule has 2 saturated heterocycles. The minimum absolute atomic E-state index is 0.0684. The summed E-state index contributed by atoms with van der Waals surface area (Å²) in [5.41, 5.74) is 4.34. The number of hydrogen-bond acceptors (Lipinski definition) is 7. The van der Waals surface area contributed by atoms with Crippen LogP contribution in [0, 0.1) is 11.3 Å². The lowest BCUT2D eigenvalue weighted by atomic mass is 9.97. The molecule has 3 aliphatic heterocycles. The van der Waals surface area contributed by atoms with Crippen molar-refractivity contribution in [2.75, 3.05) is 62.7 Å². The first kappa shape index (κ1) is 28.6. The predicted octanol–water partition coefficient (Wildman–Crippen LogP) is 5.28. The summed E-state index contributed by atoms with van der Waals surface area (Å²) in [6, 6.07) is 12.7. The number of benzene rings is 2. The molecule has 1 amide bonds. The lowest BCUT2D eigenvalue weighted by Gasteiger charge is -2.39. The van der Waals surface area contributed by atoms with E-state index in [1.54, 1.807) is 4.90 Å². The number of aromatic nitrogens is 1. The van der Waals surface area contributed by atoms with Gasteiger partial charge in [-0.05, 0) is 56.4 Å². The van der Waals surface area contributed by atoms with E-state index in [2.05, 4.69) is 40.5 Å². The number of hydrogen-bond donors (Lipinski definition) is 0. The third kappa shape index (κ3) is 5.26. The molecule has 6 rings (SSSR count). The number of piperazine rings is 1. The Morgan fingerprint density at radius 3 is 2.67 bits per heavy atom. The highest BCUT2D eigenvalue weighted by molar-refractivity contribution is 6.46. The average molecular weight is 606 g/mol. The summed E-state index contributed by atoms with van der Waals surface area (Å²) in [6.07, 6.45) is 4.27. The van der Waals surface area contributed by atoms with Gasteiger partial charge in [0.25, 0.3) is 0 Å². The molecule has 1 unspecified atom stereocenters. The van der Waals surface area contributed by atoms with Gasteiger partial charge in [0.2, 0.25) is 11.8 Å². The molecule has 1 atom stereocenters. The molecule has 10 heteroatoms. The van der Waals surface area contributed by atoms with E-state index in [1.807, 2.05) is 24.3 Å². The van der Waals surface area contributed by atoms with Crippen molar-refractivity contribution < 1.29 is 9.53 Å². The highest BCUT2D eigenvalue weighted by atomic mass is 35.5. The standard InChI is InChI=1S/C32H34Cl2N6O2/c1-3-28(41)38-14-16-39(17-15-38)31-23-11-13-40(27-8-4-6-21-9-10-25(33)30(34)29(21)27)19-26(23)36-32(24(31)18-35)42-20-22-7-5-12-37(22)2/h3-4,6,8-10,22H,1,5,7,11-17,19-20H2,2H3. The minimum Gasteiger partial charge on any atom is -0.475 e. The molecule has 8 nitrogen and oxygen atoms in total. The van der Waals surface area contributed by atoms with Crippen LogP contribution in [0.25, 0.3) is 10.8 Å². The Hall–Kier alpha value is -3.51. The van der Waals surface area contributed by atoms with Gasteiger partial charge in [0.15, 0.2) is 0 Å². The van der Waals surface area contributed by atoms with E-state index in [0.29, 0.717) is 73.3 Å². The fraction of sp³-hybridized carbons (Fsp3) is 0.406. The highest BCUT2D eigenvalue weighted by Gasteiger charge is 2.32. The summed E-state index contributed by atoms with van der Waals surface area (Å²) in [7, 11) is 2.11. The first-order valence-corrected chi connectivity index (χ1v) is 15.2. The smallest absolute Gasteiger partial charge is 0.246 e. The Bertz CT molecular complexity index is 1580. The summed E-state index contributed by atoms with van der Waals surface area (Å²) >= 11 is 13.2. The van der Waals surface area contributed by atoms with Crippen molar-refractivity contribution in [3.8, 4) is 11.9 Å². The molecule has 1 aromatic heterocycles. The molecule has 0 aliphatic carbocycles. The number of likely N-dealkylation sites (N-methyl/N-ethyl adjacent to an activating group) is 1. The van der Waals surface area contributed by atoms with Crippen LogP contribution in [0.2, 0.25) is 10.0 Å². The first-order chi connectivity index (χ1) is 20.4. The molecule has 0 bridgehead atoms. The predicted molar refractivity (Wildman–Crippen MR) is 168 cm³/mol. The van der Waals surface area contributed by atoms with E-state index in [-0.39, 0.29) is 5.91 Å². The van der Waals surface area contributed by atoms with Crippen molar-refractivity contribution in [1.82, 2.24) is 14.8 Å². The molecule has 218 valence electrons. The Morgan fingerprint density at radius 2 is 1.95 bits per heavy atom. The van der Waals surface area contributed by atoms with Gasteiger partial charge in [0.1, 0.15) is 18.2 Å². The van der Waals surface area contributed by atoms with Crippen molar-refractivity contribution >= 4 is 51.3 Å². The molecule has 3 aromatic rings. The number of fused-ring (bicyclic) bond motifs is 2. The Kier molecular flexibility index (Phi) is 8.17. The van der Waals surface area contributed by atoms with Crippen LogP contribution in [0.3, 0.4) is 0 Å². The van der Waals surface area contributed by atoms with Crippen LogP contribution in [-0.2, 0) is 17.8 Å². The number of ether oxygens (including phenoxy) is 1. The maximum atomic E-state index is 12.2. The second kappa shape index (κ2) is 12.0. The van der Waals surface area contributed by atoms with Gasteiger partial charge in [0.05, 0.1) is 28.0 Å². The fourth-order valence-corrected chi connectivity index (χ4v) is 6.92. The summed E-state index contributed by atoms with van der Waals surface area (Å²) in [5.74, 6) is 0.318. The van der Waals surface area contributed by atoms with Crippen molar-refractivity contribution in [2.24, 2.45) is 0 Å². The third-order valence-corrected chi connectivity index (χ3v) is 9.63. The molecule has 3 aliphatic rings. The molecular formula is C32H34Cl2N6O2. The van der Waals surface area contributed by atoms with Gasteiger partial charge in [-0.3, -0.25) is 4.79 Å². The SMILES string of the molecule is C=CC(=O)N1CCN(c2c(C#N)c(OCC3CCCN3C)nc3c2CCN(c2cccc4ccc(Cl)c(Cl)c24)C3)CC1. The van der Waals surface area contributed by atoms with Gasteiger partial charge in [-0.25, -0.2) is 4.98 Å². The molecule has 42 heavy (non-hydrogen) atoms. The fourth-order valence-electron chi connectivity index (χ4n) is 6.49. The number of halogens is 2. The van der Waals surface area contributed by atoms with Crippen LogP contribution >= 0.6 is 23.2 Å². The van der Waals surface area contributed by atoms with Gasteiger partial charge in [0, 0.05) is 55.4 Å².